The third kappa shape index (κ3) is 4.73. The van der Waals surface area contributed by atoms with E-state index in [1.54, 1.807) is 13.2 Å². The predicted molar refractivity (Wildman–Crippen MR) is 116 cm³/mol. The molecule has 0 atom stereocenters. The highest BCUT2D eigenvalue weighted by atomic mass is 16.5. The molecule has 0 aliphatic carbocycles. The van der Waals surface area contributed by atoms with E-state index in [-0.39, 0.29) is 6.03 Å². The lowest BCUT2D eigenvalue weighted by Crippen LogP contribution is -2.19. The Hall–Kier alpha value is -3.80. The van der Waals surface area contributed by atoms with Gasteiger partial charge in [-0.2, -0.15) is 0 Å². The molecule has 29 heavy (non-hydrogen) atoms. The van der Waals surface area contributed by atoms with Crippen molar-refractivity contribution >= 4 is 28.4 Å². The molecule has 3 aromatic carbocycles. The first-order chi connectivity index (χ1) is 14.2. The molecule has 3 N–H and O–H groups in total. The second-order valence-electron chi connectivity index (χ2n) is 6.71. The van der Waals surface area contributed by atoms with Gasteiger partial charge in [-0.1, -0.05) is 30.3 Å². The molecule has 0 aliphatic heterocycles. The topological polar surface area (TPSA) is 79.0 Å². The van der Waals surface area contributed by atoms with Gasteiger partial charge in [-0.25, -0.2) is 9.78 Å². The van der Waals surface area contributed by atoms with E-state index in [0.717, 1.165) is 35.4 Å². The largest absolute Gasteiger partial charge is 0.497 e. The number of fused-ring (bicyclic) bond motifs is 1. The zero-order valence-electron chi connectivity index (χ0n) is 16.1. The summed E-state index contributed by atoms with van der Waals surface area (Å²) in [5.74, 6) is 1.67. The van der Waals surface area contributed by atoms with Crippen LogP contribution >= 0.6 is 0 Å². The van der Waals surface area contributed by atoms with Gasteiger partial charge in [0.1, 0.15) is 11.6 Å². The first-order valence-corrected chi connectivity index (χ1v) is 9.44. The number of rotatable bonds is 6. The van der Waals surface area contributed by atoms with E-state index < -0.39 is 0 Å². The molecule has 6 nitrogen and oxygen atoms in total. The number of aromatic nitrogens is 2. The number of nitrogens with zero attached hydrogens (tertiary/aromatic N) is 1. The lowest BCUT2D eigenvalue weighted by Gasteiger charge is -2.09. The molecule has 0 radical (unpaired) electrons. The summed E-state index contributed by atoms with van der Waals surface area (Å²) in [5.41, 5.74) is 4.64. The number of H-pyrrole nitrogens is 1. The Bertz CT molecular complexity index is 1090. The molecule has 0 saturated carbocycles. The molecule has 2 amide bonds. The van der Waals surface area contributed by atoms with E-state index in [1.807, 2.05) is 66.7 Å². The summed E-state index contributed by atoms with van der Waals surface area (Å²) < 4.78 is 5.16. The van der Waals surface area contributed by atoms with Gasteiger partial charge in [0.2, 0.25) is 0 Å². The molecular weight excluding hydrogens is 364 g/mol. The molecule has 146 valence electrons. The van der Waals surface area contributed by atoms with E-state index in [0.29, 0.717) is 11.4 Å². The summed E-state index contributed by atoms with van der Waals surface area (Å²) in [6, 6.07) is 22.8. The molecule has 1 aromatic heterocycles. The Morgan fingerprint density at radius 3 is 2.52 bits per heavy atom. The van der Waals surface area contributed by atoms with Crippen LogP contribution in [0.1, 0.15) is 11.4 Å². The molecule has 0 aliphatic rings. The van der Waals surface area contributed by atoms with Gasteiger partial charge in [0.25, 0.3) is 0 Å². The fourth-order valence-corrected chi connectivity index (χ4v) is 3.14. The van der Waals surface area contributed by atoms with Crippen LogP contribution in [0.4, 0.5) is 16.2 Å². The van der Waals surface area contributed by atoms with Crippen LogP contribution < -0.4 is 15.4 Å². The van der Waals surface area contributed by atoms with Crippen molar-refractivity contribution in [2.24, 2.45) is 0 Å². The van der Waals surface area contributed by atoms with Crippen molar-refractivity contribution in [1.29, 1.82) is 0 Å². The first kappa shape index (κ1) is 18.6. The Kier molecular flexibility index (Phi) is 5.42. The maximum atomic E-state index is 12.2. The number of methoxy groups -OCH3 is 1. The van der Waals surface area contributed by atoms with E-state index in [1.165, 1.54) is 5.56 Å². The molecule has 0 fully saturated rings. The number of para-hydroxylation sites is 2. The van der Waals surface area contributed by atoms with Crippen molar-refractivity contribution in [2.75, 3.05) is 17.7 Å². The number of aryl methyl sites for hydroxylation is 2. The van der Waals surface area contributed by atoms with Crippen LogP contribution in [0.2, 0.25) is 0 Å². The number of imidazole rings is 1. The molecule has 0 unspecified atom stereocenters. The van der Waals surface area contributed by atoms with Crippen LogP contribution in [0, 0.1) is 0 Å². The van der Waals surface area contributed by atoms with E-state index in [9.17, 15) is 4.79 Å². The van der Waals surface area contributed by atoms with Crippen LogP contribution in [0.15, 0.2) is 72.8 Å². The predicted octanol–water partition coefficient (Wildman–Crippen LogP) is 5.00. The average Bonchev–Trinajstić information content (AvgIpc) is 3.16. The van der Waals surface area contributed by atoms with E-state index >= 15 is 0 Å². The van der Waals surface area contributed by atoms with Crippen LogP contribution in [-0.4, -0.2) is 23.1 Å². The third-order valence-corrected chi connectivity index (χ3v) is 4.63. The molecule has 4 rings (SSSR count). The van der Waals surface area contributed by atoms with Gasteiger partial charge >= 0.3 is 6.03 Å². The highest BCUT2D eigenvalue weighted by molar-refractivity contribution is 5.99. The summed E-state index contributed by atoms with van der Waals surface area (Å²) in [6.07, 6.45) is 1.70. The number of carbonyl (C=O) groups excluding carboxylic acids is 1. The molecule has 1 heterocycles. The summed E-state index contributed by atoms with van der Waals surface area (Å²) in [5, 5.41) is 5.63. The third-order valence-electron chi connectivity index (χ3n) is 4.63. The van der Waals surface area contributed by atoms with Crippen LogP contribution in [0.25, 0.3) is 11.0 Å². The fourth-order valence-electron chi connectivity index (χ4n) is 3.14. The molecule has 0 bridgehead atoms. The standard InChI is InChI=1S/C23H22N4O2/c1-29-19-6-4-5-18(15-19)25-23(28)24-17-12-9-16(10-13-17)11-14-22-26-20-7-2-3-8-21(20)27-22/h2-10,12-13,15H,11,14H2,1H3,(H,26,27)(H2,24,25,28). The minimum absolute atomic E-state index is 0.298. The molecule has 4 aromatic rings. The number of carbonyl (C=O) groups is 1. The SMILES string of the molecule is COc1cccc(NC(=O)Nc2ccc(CCc3nc4ccccc4[nH]3)cc2)c1. The summed E-state index contributed by atoms with van der Waals surface area (Å²) >= 11 is 0. The number of urea groups is 1. The zero-order valence-corrected chi connectivity index (χ0v) is 16.1. The second-order valence-corrected chi connectivity index (χ2v) is 6.71. The van der Waals surface area contributed by atoms with Crippen LogP contribution in [0.3, 0.4) is 0 Å². The van der Waals surface area contributed by atoms with Gasteiger partial charge < -0.3 is 20.4 Å². The van der Waals surface area contributed by atoms with Crippen molar-refractivity contribution in [3.05, 3.63) is 84.2 Å². The fraction of sp³-hybridized carbons (Fsp3) is 0.130. The summed E-state index contributed by atoms with van der Waals surface area (Å²) in [4.78, 5) is 20.1. The highest BCUT2D eigenvalue weighted by Crippen LogP contribution is 2.18. The lowest BCUT2D eigenvalue weighted by molar-refractivity contribution is 0.262. The van der Waals surface area contributed by atoms with Gasteiger partial charge in [-0.3, -0.25) is 0 Å². The number of hydrogen-bond acceptors (Lipinski definition) is 3. The molecule has 6 heteroatoms. The number of nitrogens with one attached hydrogen (secondary N) is 3. The lowest BCUT2D eigenvalue weighted by atomic mass is 10.1. The normalized spacial score (nSPS) is 10.7. The van der Waals surface area contributed by atoms with Crippen molar-refractivity contribution in [3.63, 3.8) is 0 Å². The zero-order chi connectivity index (χ0) is 20.1. The number of amides is 2. The van der Waals surface area contributed by atoms with Gasteiger partial charge in [0, 0.05) is 23.9 Å². The molecule has 0 saturated heterocycles. The number of aromatic amines is 1. The first-order valence-electron chi connectivity index (χ1n) is 9.44. The quantitative estimate of drug-likeness (QED) is 0.436. The molecule has 0 spiro atoms. The highest BCUT2D eigenvalue weighted by Gasteiger charge is 2.05. The minimum atomic E-state index is -0.298. The maximum Gasteiger partial charge on any atom is 0.323 e. The number of hydrogen-bond donors (Lipinski definition) is 3. The monoisotopic (exact) mass is 386 g/mol. The second kappa shape index (κ2) is 8.48. The average molecular weight is 386 g/mol. The number of ether oxygens (including phenoxy) is 1. The van der Waals surface area contributed by atoms with Gasteiger partial charge in [0.15, 0.2) is 0 Å². The van der Waals surface area contributed by atoms with Crippen LogP contribution in [-0.2, 0) is 12.8 Å². The molecular formula is C23H22N4O2. The van der Waals surface area contributed by atoms with Crippen molar-refractivity contribution in [1.82, 2.24) is 9.97 Å². The smallest absolute Gasteiger partial charge is 0.323 e. The number of anilines is 2. The maximum absolute atomic E-state index is 12.2. The number of benzene rings is 3. The minimum Gasteiger partial charge on any atom is -0.497 e. The van der Waals surface area contributed by atoms with E-state index in [2.05, 4.69) is 20.6 Å². The van der Waals surface area contributed by atoms with Gasteiger partial charge in [-0.05, 0) is 48.4 Å². The summed E-state index contributed by atoms with van der Waals surface area (Å²) in [7, 11) is 1.59. The van der Waals surface area contributed by atoms with Crippen molar-refractivity contribution in [3.8, 4) is 5.75 Å². The Morgan fingerprint density at radius 1 is 0.931 bits per heavy atom. The summed E-state index contributed by atoms with van der Waals surface area (Å²) in [6.45, 7) is 0. The van der Waals surface area contributed by atoms with Gasteiger partial charge in [0.05, 0.1) is 18.1 Å². The Balaban J connectivity index is 1.31. The van der Waals surface area contributed by atoms with E-state index in [4.69, 9.17) is 4.74 Å². The Labute approximate surface area is 168 Å². The Morgan fingerprint density at radius 2 is 1.72 bits per heavy atom. The van der Waals surface area contributed by atoms with Crippen molar-refractivity contribution in [2.45, 2.75) is 12.8 Å². The van der Waals surface area contributed by atoms with Crippen LogP contribution in [0.5, 0.6) is 5.75 Å². The van der Waals surface area contributed by atoms with Gasteiger partial charge in [-0.15, -0.1) is 0 Å². The van der Waals surface area contributed by atoms with Crippen molar-refractivity contribution < 1.29 is 9.53 Å².